The second-order valence-electron chi connectivity index (χ2n) is 8.96. The zero-order valence-corrected chi connectivity index (χ0v) is 19.6. The number of nitrogens with zero attached hydrogens (tertiary/aromatic N) is 5. The van der Waals surface area contributed by atoms with Crippen molar-refractivity contribution in [1.29, 1.82) is 0 Å². The van der Waals surface area contributed by atoms with E-state index in [4.69, 9.17) is 11.6 Å². The molecule has 168 valence electrons. The Morgan fingerprint density at radius 3 is 1.94 bits per heavy atom. The zero-order valence-electron chi connectivity index (χ0n) is 18.9. The molecule has 0 aliphatic carbocycles. The third-order valence-electron chi connectivity index (χ3n) is 6.62. The van der Waals surface area contributed by atoms with Crippen LogP contribution in [0.2, 0.25) is 5.02 Å². The summed E-state index contributed by atoms with van der Waals surface area (Å²) in [4.78, 5) is 14.3. The summed E-state index contributed by atoms with van der Waals surface area (Å²) in [6.45, 7) is 8.60. The zero-order chi connectivity index (χ0) is 22.1. The third kappa shape index (κ3) is 4.63. The van der Waals surface area contributed by atoms with Crippen molar-refractivity contribution >= 4 is 45.3 Å². The Bertz CT molecular complexity index is 1050. The van der Waals surface area contributed by atoms with Crippen molar-refractivity contribution in [2.24, 2.45) is 0 Å². The number of benzene rings is 2. The van der Waals surface area contributed by atoms with Crippen LogP contribution >= 0.6 is 11.6 Å². The molecule has 32 heavy (non-hydrogen) atoms. The largest absolute Gasteiger partial charge is 0.369 e. The monoisotopic (exact) mass is 450 g/mol. The quantitative estimate of drug-likeness (QED) is 0.644. The Balaban J connectivity index is 1.49. The first-order chi connectivity index (χ1) is 15.5. The molecule has 0 amide bonds. The van der Waals surface area contributed by atoms with Crippen LogP contribution in [0.15, 0.2) is 48.7 Å². The van der Waals surface area contributed by atoms with Gasteiger partial charge in [-0.1, -0.05) is 11.6 Å². The van der Waals surface area contributed by atoms with Gasteiger partial charge in [0.1, 0.15) is 0 Å². The molecular formula is C25H31ClN6. The van der Waals surface area contributed by atoms with Crippen molar-refractivity contribution < 1.29 is 0 Å². The molecule has 2 aliphatic heterocycles. The summed E-state index contributed by atoms with van der Waals surface area (Å²) in [7, 11) is 4.40. The molecule has 0 unspecified atom stereocenters. The van der Waals surface area contributed by atoms with Crippen LogP contribution < -0.4 is 15.1 Å². The van der Waals surface area contributed by atoms with Gasteiger partial charge < -0.3 is 24.9 Å². The maximum atomic E-state index is 6.19. The van der Waals surface area contributed by atoms with Gasteiger partial charge in [-0.15, -0.1) is 0 Å². The number of piperazine rings is 2. The van der Waals surface area contributed by atoms with Crippen LogP contribution in [0.3, 0.4) is 0 Å². The average Bonchev–Trinajstić information content (AvgIpc) is 2.80. The molecule has 0 saturated carbocycles. The molecule has 1 N–H and O–H groups in total. The van der Waals surface area contributed by atoms with E-state index in [1.807, 2.05) is 30.5 Å². The summed E-state index contributed by atoms with van der Waals surface area (Å²) in [5.74, 6) is 0. The molecule has 1 aromatic heterocycles. The first-order valence-electron chi connectivity index (χ1n) is 11.4. The summed E-state index contributed by atoms with van der Waals surface area (Å²) in [5, 5.41) is 5.46. The van der Waals surface area contributed by atoms with Crippen LogP contribution in [0.1, 0.15) is 0 Å². The van der Waals surface area contributed by atoms with E-state index in [0.29, 0.717) is 5.02 Å². The maximum Gasteiger partial charge on any atom is 0.0737 e. The minimum absolute atomic E-state index is 0.705. The smallest absolute Gasteiger partial charge is 0.0737 e. The third-order valence-corrected chi connectivity index (χ3v) is 6.86. The van der Waals surface area contributed by atoms with Gasteiger partial charge in [-0.05, 0) is 56.6 Å². The molecular weight excluding hydrogens is 420 g/mol. The van der Waals surface area contributed by atoms with E-state index in [9.17, 15) is 0 Å². The fraction of sp³-hybridized carbons (Fsp3) is 0.400. The lowest BCUT2D eigenvalue weighted by atomic mass is 10.1. The Morgan fingerprint density at radius 2 is 1.34 bits per heavy atom. The molecule has 0 bridgehead atoms. The van der Waals surface area contributed by atoms with Gasteiger partial charge in [0.25, 0.3) is 0 Å². The normalized spacial score (nSPS) is 18.3. The first kappa shape index (κ1) is 21.3. The number of aromatic nitrogens is 1. The highest BCUT2D eigenvalue weighted by Crippen LogP contribution is 2.33. The highest BCUT2D eigenvalue weighted by Gasteiger charge is 2.19. The number of hydrogen-bond donors (Lipinski definition) is 1. The molecule has 6 nitrogen and oxygen atoms in total. The fourth-order valence-electron chi connectivity index (χ4n) is 4.55. The molecule has 2 aromatic carbocycles. The first-order valence-corrected chi connectivity index (χ1v) is 11.8. The summed E-state index contributed by atoms with van der Waals surface area (Å²) >= 11 is 6.19. The Labute approximate surface area is 195 Å². The number of halogens is 1. The van der Waals surface area contributed by atoms with Crippen LogP contribution in [-0.4, -0.2) is 81.2 Å². The van der Waals surface area contributed by atoms with Crippen LogP contribution in [0, 0.1) is 0 Å². The lowest BCUT2D eigenvalue weighted by Gasteiger charge is -2.37. The number of rotatable bonds is 4. The van der Waals surface area contributed by atoms with Crippen LogP contribution in [0.25, 0.3) is 10.9 Å². The maximum absolute atomic E-state index is 6.19. The van der Waals surface area contributed by atoms with E-state index >= 15 is 0 Å². The predicted octanol–water partition coefficient (Wildman–Crippen LogP) is 4.14. The Kier molecular flexibility index (Phi) is 6.09. The second kappa shape index (κ2) is 9.14. The SMILES string of the molecule is CN1CCN(c2cc(Nc3ccnc4cc(Cl)ccc34)cc(N3CCN(C)CC3)c2)CC1. The van der Waals surface area contributed by atoms with Crippen molar-refractivity contribution in [2.45, 2.75) is 0 Å². The van der Waals surface area contributed by atoms with Crippen molar-refractivity contribution in [3.63, 3.8) is 0 Å². The molecule has 3 aromatic rings. The van der Waals surface area contributed by atoms with E-state index in [-0.39, 0.29) is 0 Å². The topological polar surface area (TPSA) is 37.9 Å². The molecule has 3 heterocycles. The summed E-state index contributed by atoms with van der Waals surface area (Å²) < 4.78 is 0. The number of pyridine rings is 1. The molecule has 5 rings (SSSR count). The highest BCUT2D eigenvalue weighted by molar-refractivity contribution is 6.31. The molecule has 0 atom stereocenters. The molecule has 2 saturated heterocycles. The summed E-state index contributed by atoms with van der Waals surface area (Å²) in [6, 6.07) is 14.9. The van der Waals surface area contributed by atoms with E-state index in [1.165, 1.54) is 11.4 Å². The number of fused-ring (bicyclic) bond motifs is 1. The van der Waals surface area contributed by atoms with Gasteiger partial charge in [-0.3, -0.25) is 4.98 Å². The molecule has 2 fully saturated rings. The van der Waals surface area contributed by atoms with Crippen molar-refractivity contribution in [3.05, 3.63) is 53.7 Å². The molecule has 7 heteroatoms. The fourth-order valence-corrected chi connectivity index (χ4v) is 4.71. The van der Waals surface area contributed by atoms with Gasteiger partial charge in [0.15, 0.2) is 0 Å². The van der Waals surface area contributed by atoms with E-state index in [0.717, 1.165) is 74.6 Å². The van der Waals surface area contributed by atoms with Gasteiger partial charge >= 0.3 is 0 Å². The minimum atomic E-state index is 0.705. The number of likely N-dealkylation sites (N-methyl/N-ethyl adjacent to an activating group) is 2. The van der Waals surface area contributed by atoms with Gasteiger partial charge in [-0.2, -0.15) is 0 Å². The molecule has 0 radical (unpaired) electrons. The van der Waals surface area contributed by atoms with E-state index in [1.54, 1.807) is 0 Å². The van der Waals surface area contributed by atoms with Gasteiger partial charge in [0.05, 0.1) is 5.52 Å². The van der Waals surface area contributed by atoms with Crippen LogP contribution in [0.5, 0.6) is 0 Å². The van der Waals surface area contributed by atoms with Crippen molar-refractivity contribution in [3.8, 4) is 0 Å². The van der Waals surface area contributed by atoms with Gasteiger partial charge in [0, 0.05) is 91.7 Å². The summed E-state index contributed by atoms with van der Waals surface area (Å²) in [6.07, 6.45) is 1.84. The van der Waals surface area contributed by atoms with Crippen LogP contribution in [-0.2, 0) is 0 Å². The van der Waals surface area contributed by atoms with E-state index < -0.39 is 0 Å². The van der Waals surface area contributed by atoms with Crippen LogP contribution in [0.4, 0.5) is 22.7 Å². The van der Waals surface area contributed by atoms with Crippen molar-refractivity contribution in [2.75, 3.05) is 81.6 Å². The predicted molar refractivity (Wildman–Crippen MR) is 136 cm³/mol. The van der Waals surface area contributed by atoms with E-state index in [2.05, 4.69) is 62.2 Å². The molecule has 2 aliphatic rings. The number of anilines is 4. The van der Waals surface area contributed by atoms with Gasteiger partial charge in [-0.25, -0.2) is 0 Å². The lowest BCUT2D eigenvalue weighted by molar-refractivity contribution is 0.312. The second-order valence-corrected chi connectivity index (χ2v) is 9.40. The summed E-state index contributed by atoms with van der Waals surface area (Å²) in [5.41, 5.74) is 5.64. The number of hydrogen-bond acceptors (Lipinski definition) is 6. The Morgan fingerprint density at radius 1 is 0.750 bits per heavy atom. The standard InChI is InChI=1S/C25H31ClN6/c1-29-7-11-31(12-8-29)21-16-20(17-22(18-21)32-13-9-30(2)10-14-32)28-24-5-6-27-25-15-19(26)3-4-23(24)25/h3-6,15-18H,7-14H2,1-2H3,(H,27,28). The van der Waals surface area contributed by atoms with Crippen molar-refractivity contribution in [1.82, 2.24) is 14.8 Å². The van der Waals surface area contributed by atoms with Gasteiger partial charge in [0.2, 0.25) is 0 Å². The Hall–Kier alpha value is -2.54. The minimum Gasteiger partial charge on any atom is -0.369 e. The lowest BCUT2D eigenvalue weighted by Crippen LogP contribution is -2.45. The number of nitrogens with one attached hydrogen (secondary N) is 1. The molecule has 0 spiro atoms. The highest BCUT2D eigenvalue weighted by atomic mass is 35.5. The average molecular weight is 451 g/mol.